The molecule has 2 rings (SSSR count). The topological polar surface area (TPSA) is 48.4 Å². The van der Waals surface area contributed by atoms with Gasteiger partial charge in [-0.3, -0.25) is 0 Å². The Morgan fingerprint density at radius 2 is 1.94 bits per heavy atom. The molecule has 0 saturated carbocycles. The number of furan rings is 1. The third-order valence-electron chi connectivity index (χ3n) is 2.95. The molecule has 0 bridgehead atoms. The molecule has 0 radical (unpaired) electrons. The van der Waals surface area contributed by atoms with Crippen molar-refractivity contribution in [3.8, 4) is 5.75 Å². The van der Waals surface area contributed by atoms with E-state index in [1.165, 1.54) is 0 Å². The van der Waals surface area contributed by atoms with E-state index in [2.05, 4.69) is 6.92 Å². The summed E-state index contributed by atoms with van der Waals surface area (Å²) < 4.78 is 10.8. The van der Waals surface area contributed by atoms with Gasteiger partial charge in [0.05, 0.1) is 18.9 Å². The summed E-state index contributed by atoms with van der Waals surface area (Å²) in [7, 11) is 0. The van der Waals surface area contributed by atoms with Crippen molar-refractivity contribution in [2.75, 3.05) is 6.61 Å². The Bertz CT molecular complexity index is 487. The largest absolute Gasteiger partial charge is 0.494 e. The average molecular weight is 245 g/mol. The Hall–Kier alpha value is -1.74. The van der Waals surface area contributed by atoms with E-state index in [4.69, 9.17) is 14.9 Å². The minimum atomic E-state index is -0.149. The third kappa shape index (κ3) is 2.74. The average Bonchev–Trinajstić information content (AvgIpc) is 2.82. The maximum atomic E-state index is 6.21. The minimum absolute atomic E-state index is 0.149. The van der Waals surface area contributed by atoms with Crippen LogP contribution in [0, 0.1) is 6.92 Å². The molecule has 0 aliphatic heterocycles. The van der Waals surface area contributed by atoms with Crippen LogP contribution in [0.15, 0.2) is 41.0 Å². The molecule has 96 valence electrons. The van der Waals surface area contributed by atoms with Gasteiger partial charge in [0.15, 0.2) is 0 Å². The van der Waals surface area contributed by atoms with Crippen molar-refractivity contribution >= 4 is 0 Å². The molecule has 0 spiro atoms. The molecule has 0 saturated heterocycles. The lowest BCUT2D eigenvalue weighted by atomic mass is 10.0. The van der Waals surface area contributed by atoms with Crippen LogP contribution in [0.5, 0.6) is 5.75 Å². The molecule has 3 heteroatoms. The molecule has 2 aromatic rings. The number of hydrogen-bond donors (Lipinski definition) is 1. The standard InChI is InChI=1S/C15H19NO2/c1-3-9-18-13-6-4-12(5-7-13)15(16)14-8-10-17-11(14)2/h4-8,10,15H,3,9,16H2,1-2H3. The highest BCUT2D eigenvalue weighted by molar-refractivity contribution is 5.35. The smallest absolute Gasteiger partial charge is 0.119 e. The molecular formula is C15H19NO2. The fraction of sp³-hybridized carbons (Fsp3) is 0.333. The number of nitrogens with two attached hydrogens (primary N) is 1. The van der Waals surface area contributed by atoms with Crippen molar-refractivity contribution in [2.45, 2.75) is 26.3 Å². The molecule has 1 atom stereocenters. The van der Waals surface area contributed by atoms with Gasteiger partial charge in [0.25, 0.3) is 0 Å². The zero-order chi connectivity index (χ0) is 13.0. The van der Waals surface area contributed by atoms with E-state index in [-0.39, 0.29) is 6.04 Å². The molecule has 0 fully saturated rings. The molecule has 18 heavy (non-hydrogen) atoms. The molecular weight excluding hydrogens is 226 g/mol. The van der Waals surface area contributed by atoms with Crippen molar-refractivity contribution < 1.29 is 9.15 Å². The normalized spacial score (nSPS) is 12.4. The minimum Gasteiger partial charge on any atom is -0.494 e. The van der Waals surface area contributed by atoms with Crippen molar-refractivity contribution in [1.29, 1.82) is 0 Å². The van der Waals surface area contributed by atoms with Crippen molar-refractivity contribution in [1.82, 2.24) is 0 Å². The van der Waals surface area contributed by atoms with Gasteiger partial charge in [-0.25, -0.2) is 0 Å². The summed E-state index contributed by atoms with van der Waals surface area (Å²) in [5.74, 6) is 1.76. The zero-order valence-corrected chi connectivity index (χ0v) is 10.8. The lowest BCUT2D eigenvalue weighted by Gasteiger charge is -2.12. The van der Waals surface area contributed by atoms with Gasteiger partial charge in [-0.1, -0.05) is 19.1 Å². The second-order valence-corrected chi connectivity index (χ2v) is 4.33. The van der Waals surface area contributed by atoms with E-state index in [0.717, 1.165) is 35.7 Å². The lowest BCUT2D eigenvalue weighted by molar-refractivity contribution is 0.317. The van der Waals surface area contributed by atoms with Crippen LogP contribution in [0.1, 0.15) is 36.3 Å². The van der Waals surface area contributed by atoms with Crippen LogP contribution >= 0.6 is 0 Å². The molecule has 1 heterocycles. The summed E-state index contributed by atoms with van der Waals surface area (Å²) in [4.78, 5) is 0. The van der Waals surface area contributed by atoms with E-state index in [9.17, 15) is 0 Å². The fourth-order valence-corrected chi connectivity index (χ4v) is 1.89. The summed E-state index contributed by atoms with van der Waals surface area (Å²) in [6, 6.07) is 9.69. The highest BCUT2D eigenvalue weighted by Crippen LogP contribution is 2.25. The van der Waals surface area contributed by atoms with Gasteiger partial charge < -0.3 is 14.9 Å². The molecule has 3 nitrogen and oxygen atoms in total. The highest BCUT2D eigenvalue weighted by Gasteiger charge is 2.13. The quantitative estimate of drug-likeness (QED) is 0.878. The number of aryl methyl sites for hydroxylation is 1. The SMILES string of the molecule is CCCOc1ccc(C(N)c2ccoc2C)cc1. The van der Waals surface area contributed by atoms with Gasteiger partial charge in [-0.2, -0.15) is 0 Å². The summed E-state index contributed by atoms with van der Waals surface area (Å²) in [5, 5.41) is 0. The number of ether oxygens (including phenoxy) is 1. The molecule has 0 aliphatic rings. The van der Waals surface area contributed by atoms with E-state index in [1.807, 2.05) is 37.3 Å². The molecule has 0 aliphatic carbocycles. The first-order chi connectivity index (χ1) is 8.72. The Labute approximate surface area is 108 Å². The van der Waals surface area contributed by atoms with Gasteiger partial charge in [-0.05, 0) is 37.1 Å². The Balaban J connectivity index is 2.12. The Kier molecular flexibility index (Phi) is 4.05. The maximum Gasteiger partial charge on any atom is 0.119 e. The van der Waals surface area contributed by atoms with Crippen LogP contribution in [0.25, 0.3) is 0 Å². The summed E-state index contributed by atoms with van der Waals surface area (Å²) in [6.07, 6.45) is 2.68. The van der Waals surface area contributed by atoms with Gasteiger partial charge in [0.2, 0.25) is 0 Å². The van der Waals surface area contributed by atoms with E-state index in [0.29, 0.717) is 0 Å². The van der Waals surface area contributed by atoms with Crippen LogP contribution in [-0.4, -0.2) is 6.61 Å². The molecule has 1 unspecified atom stereocenters. The second-order valence-electron chi connectivity index (χ2n) is 4.33. The summed E-state index contributed by atoms with van der Waals surface area (Å²) >= 11 is 0. The van der Waals surface area contributed by atoms with E-state index in [1.54, 1.807) is 6.26 Å². The van der Waals surface area contributed by atoms with Crippen molar-refractivity contribution in [3.63, 3.8) is 0 Å². The van der Waals surface area contributed by atoms with E-state index >= 15 is 0 Å². The van der Waals surface area contributed by atoms with Crippen LogP contribution in [0.3, 0.4) is 0 Å². The van der Waals surface area contributed by atoms with Gasteiger partial charge in [-0.15, -0.1) is 0 Å². The number of benzene rings is 1. The first kappa shape index (κ1) is 12.7. The summed E-state index contributed by atoms with van der Waals surface area (Å²) in [5.41, 5.74) is 8.29. The monoisotopic (exact) mass is 245 g/mol. The molecule has 1 aromatic heterocycles. The number of hydrogen-bond acceptors (Lipinski definition) is 3. The Morgan fingerprint density at radius 1 is 1.22 bits per heavy atom. The molecule has 2 N–H and O–H groups in total. The van der Waals surface area contributed by atoms with Crippen molar-refractivity contribution in [2.24, 2.45) is 5.73 Å². The molecule has 1 aromatic carbocycles. The van der Waals surface area contributed by atoms with Crippen LogP contribution in [-0.2, 0) is 0 Å². The van der Waals surface area contributed by atoms with Crippen LogP contribution in [0.4, 0.5) is 0 Å². The fourth-order valence-electron chi connectivity index (χ4n) is 1.89. The lowest BCUT2D eigenvalue weighted by Crippen LogP contribution is -2.11. The first-order valence-corrected chi connectivity index (χ1v) is 6.24. The second kappa shape index (κ2) is 5.74. The predicted molar refractivity (Wildman–Crippen MR) is 71.7 cm³/mol. The van der Waals surface area contributed by atoms with Crippen LogP contribution < -0.4 is 10.5 Å². The zero-order valence-electron chi connectivity index (χ0n) is 10.8. The van der Waals surface area contributed by atoms with Gasteiger partial charge in [0, 0.05) is 5.56 Å². The maximum absolute atomic E-state index is 6.21. The number of rotatable bonds is 5. The van der Waals surface area contributed by atoms with Gasteiger partial charge >= 0.3 is 0 Å². The van der Waals surface area contributed by atoms with E-state index < -0.39 is 0 Å². The van der Waals surface area contributed by atoms with Crippen molar-refractivity contribution in [3.05, 3.63) is 53.5 Å². The van der Waals surface area contributed by atoms with Crippen LogP contribution in [0.2, 0.25) is 0 Å². The van der Waals surface area contributed by atoms with Gasteiger partial charge in [0.1, 0.15) is 11.5 Å². The summed E-state index contributed by atoms with van der Waals surface area (Å²) in [6.45, 7) is 4.76. The first-order valence-electron chi connectivity index (χ1n) is 6.24. The Morgan fingerprint density at radius 3 is 2.50 bits per heavy atom. The third-order valence-corrected chi connectivity index (χ3v) is 2.95. The molecule has 0 amide bonds. The predicted octanol–water partition coefficient (Wildman–Crippen LogP) is 3.42. The highest BCUT2D eigenvalue weighted by atomic mass is 16.5.